The number of nitrogens with one attached hydrogen (secondary N) is 1. The quantitative estimate of drug-likeness (QED) is 0.942. The molecule has 0 aliphatic carbocycles. The minimum absolute atomic E-state index is 0.309. The lowest BCUT2D eigenvalue weighted by Gasteiger charge is -2.27. The summed E-state index contributed by atoms with van der Waals surface area (Å²) >= 11 is 1.78. The number of rotatable bonds is 3. The van der Waals surface area contributed by atoms with E-state index in [0.717, 1.165) is 23.2 Å². The number of nitrogens with zero attached hydrogens (tertiary/aromatic N) is 3. The third-order valence-corrected chi connectivity index (χ3v) is 4.91. The molecule has 4 nitrogen and oxygen atoms in total. The highest BCUT2D eigenvalue weighted by atomic mass is 32.2. The third kappa shape index (κ3) is 2.93. The van der Waals surface area contributed by atoms with Gasteiger partial charge >= 0.3 is 0 Å². The molecule has 2 heterocycles. The van der Waals surface area contributed by atoms with Crippen LogP contribution in [0.1, 0.15) is 42.4 Å². The van der Waals surface area contributed by atoms with Crippen molar-refractivity contribution in [1.29, 1.82) is 0 Å². The van der Waals surface area contributed by atoms with Gasteiger partial charge < -0.3 is 5.43 Å². The third-order valence-electron chi connectivity index (χ3n) is 3.89. The van der Waals surface area contributed by atoms with E-state index in [4.69, 9.17) is 0 Å². The van der Waals surface area contributed by atoms with Crippen LogP contribution in [0, 0.1) is 19.8 Å². The number of aromatic nitrogens is 3. The van der Waals surface area contributed by atoms with E-state index >= 15 is 0 Å². The van der Waals surface area contributed by atoms with Crippen LogP contribution in [-0.2, 0) is 6.42 Å². The van der Waals surface area contributed by atoms with Gasteiger partial charge in [-0.15, -0.1) is 10.2 Å². The van der Waals surface area contributed by atoms with Gasteiger partial charge in [0.1, 0.15) is 0 Å². The topological polar surface area (TPSA) is 42.7 Å². The van der Waals surface area contributed by atoms with Gasteiger partial charge in [0.25, 0.3) is 0 Å². The molecule has 1 unspecified atom stereocenters. The van der Waals surface area contributed by atoms with Gasteiger partial charge in [0, 0.05) is 12.2 Å². The smallest absolute Gasteiger partial charge is 0.210 e. The molecule has 2 aromatic rings. The number of hydrogen-bond acceptors (Lipinski definition) is 4. The van der Waals surface area contributed by atoms with Crippen LogP contribution in [0.25, 0.3) is 0 Å². The Morgan fingerprint density at radius 2 is 2.10 bits per heavy atom. The fourth-order valence-corrected chi connectivity index (χ4v) is 3.49. The first-order chi connectivity index (χ1) is 10.0. The van der Waals surface area contributed by atoms with Crippen molar-refractivity contribution in [3.8, 4) is 0 Å². The molecule has 1 aliphatic rings. The molecule has 0 bridgehead atoms. The Labute approximate surface area is 130 Å². The standard InChI is InChI=1S/C16H22N4S/c1-10(2)7-15-17-18-16-20(15)19-14(9-21-16)13-6-5-11(3)12(4)8-13/h5-6,8,10,14,19H,7,9H2,1-4H3. The molecule has 0 saturated carbocycles. The first-order valence-corrected chi connectivity index (χ1v) is 8.44. The molecular weight excluding hydrogens is 280 g/mol. The molecule has 0 saturated heterocycles. The predicted molar refractivity (Wildman–Crippen MR) is 87.3 cm³/mol. The van der Waals surface area contributed by atoms with Crippen LogP contribution in [0.4, 0.5) is 0 Å². The van der Waals surface area contributed by atoms with Crippen LogP contribution in [-0.4, -0.2) is 20.6 Å². The van der Waals surface area contributed by atoms with Crippen LogP contribution in [0.5, 0.6) is 0 Å². The Kier molecular flexibility index (Phi) is 3.93. The second-order valence-electron chi connectivity index (χ2n) is 6.17. The van der Waals surface area contributed by atoms with Crippen LogP contribution in [0.15, 0.2) is 23.4 Å². The Balaban J connectivity index is 1.86. The number of hydrogen-bond donors (Lipinski definition) is 1. The van der Waals surface area contributed by atoms with E-state index in [1.165, 1.54) is 16.7 Å². The molecule has 5 heteroatoms. The van der Waals surface area contributed by atoms with Gasteiger partial charge in [-0.25, -0.2) is 4.68 Å². The van der Waals surface area contributed by atoms with Crippen LogP contribution >= 0.6 is 11.8 Å². The van der Waals surface area contributed by atoms with E-state index in [2.05, 4.69) is 66.2 Å². The summed E-state index contributed by atoms with van der Waals surface area (Å²) in [5.74, 6) is 2.59. The van der Waals surface area contributed by atoms with Crippen molar-refractivity contribution in [3.63, 3.8) is 0 Å². The zero-order valence-corrected chi connectivity index (χ0v) is 13.9. The fourth-order valence-electron chi connectivity index (χ4n) is 2.52. The predicted octanol–water partition coefficient (Wildman–Crippen LogP) is 3.48. The van der Waals surface area contributed by atoms with Gasteiger partial charge in [-0.2, -0.15) is 0 Å². The SMILES string of the molecule is Cc1ccc(C2CSc3nnc(CC(C)C)n3N2)cc1C. The number of fused-ring (bicyclic) bond motifs is 1. The summed E-state index contributed by atoms with van der Waals surface area (Å²) in [6.07, 6.45) is 0.945. The Hall–Kier alpha value is -1.49. The second-order valence-corrected chi connectivity index (χ2v) is 7.16. The second kappa shape index (κ2) is 5.72. The van der Waals surface area contributed by atoms with Gasteiger partial charge in [0.05, 0.1) is 6.04 Å². The van der Waals surface area contributed by atoms with Crippen LogP contribution in [0.2, 0.25) is 0 Å². The van der Waals surface area contributed by atoms with E-state index in [0.29, 0.717) is 12.0 Å². The maximum absolute atomic E-state index is 4.33. The van der Waals surface area contributed by atoms with Crippen molar-refractivity contribution in [3.05, 3.63) is 40.7 Å². The normalized spacial score (nSPS) is 17.7. The minimum Gasteiger partial charge on any atom is -0.314 e. The number of thioether (sulfide) groups is 1. The molecule has 1 aromatic carbocycles. The van der Waals surface area contributed by atoms with E-state index in [1.54, 1.807) is 11.8 Å². The van der Waals surface area contributed by atoms with E-state index in [-0.39, 0.29) is 0 Å². The molecule has 21 heavy (non-hydrogen) atoms. The highest BCUT2D eigenvalue weighted by molar-refractivity contribution is 7.99. The lowest BCUT2D eigenvalue weighted by atomic mass is 10.0. The first kappa shape index (κ1) is 14.4. The maximum atomic E-state index is 4.33. The van der Waals surface area contributed by atoms with E-state index in [9.17, 15) is 0 Å². The minimum atomic E-state index is 0.309. The molecule has 1 N–H and O–H groups in total. The summed E-state index contributed by atoms with van der Waals surface area (Å²) in [6, 6.07) is 7.01. The Morgan fingerprint density at radius 3 is 2.81 bits per heavy atom. The van der Waals surface area contributed by atoms with Crippen molar-refractivity contribution in [2.24, 2.45) is 5.92 Å². The van der Waals surface area contributed by atoms with Crippen molar-refractivity contribution >= 4 is 11.8 Å². The fraction of sp³-hybridized carbons (Fsp3) is 0.500. The molecule has 1 atom stereocenters. The summed E-state index contributed by atoms with van der Waals surface area (Å²) in [6.45, 7) is 8.74. The monoisotopic (exact) mass is 302 g/mol. The van der Waals surface area contributed by atoms with Gasteiger partial charge in [0.2, 0.25) is 5.16 Å². The average molecular weight is 302 g/mol. The summed E-state index contributed by atoms with van der Waals surface area (Å²) < 4.78 is 2.08. The highest BCUT2D eigenvalue weighted by Gasteiger charge is 2.24. The van der Waals surface area contributed by atoms with Crippen molar-refractivity contribution in [1.82, 2.24) is 14.9 Å². The van der Waals surface area contributed by atoms with Crippen molar-refractivity contribution in [2.45, 2.75) is 45.3 Å². The Bertz CT molecular complexity index is 648. The molecule has 0 radical (unpaired) electrons. The van der Waals surface area contributed by atoms with Crippen molar-refractivity contribution in [2.75, 3.05) is 11.2 Å². The molecule has 0 spiro atoms. The molecular formula is C16H22N4S. The van der Waals surface area contributed by atoms with Crippen LogP contribution < -0.4 is 5.43 Å². The lowest BCUT2D eigenvalue weighted by Crippen LogP contribution is -2.29. The zero-order valence-electron chi connectivity index (χ0n) is 13.1. The lowest BCUT2D eigenvalue weighted by molar-refractivity contribution is 0.571. The summed E-state index contributed by atoms with van der Waals surface area (Å²) in [5.41, 5.74) is 7.60. The summed E-state index contributed by atoms with van der Waals surface area (Å²) in [7, 11) is 0. The largest absolute Gasteiger partial charge is 0.314 e. The van der Waals surface area contributed by atoms with Gasteiger partial charge in [-0.05, 0) is 36.5 Å². The molecule has 1 aromatic heterocycles. The van der Waals surface area contributed by atoms with Crippen LogP contribution in [0.3, 0.4) is 0 Å². The zero-order chi connectivity index (χ0) is 15.0. The van der Waals surface area contributed by atoms with Gasteiger partial charge in [-0.3, -0.25) is 0 Å². The number of aryl methyl sites for hydroxylation is 2. The number of benzene rings is 1. The first-order valence-electron chi connectivity index (χ1n) is 7.45. The molecule has 3 rings (SSSR count). The van der Waals surface area contributed by atoms with Crippen molar-refractivity contribution < 1.29 is 0 Å². The summed E-state index contributed by atoms with van der Waals surface area (Å²) in [5, 5.41) is 9.59. The van der Waals surface area contributed by atoms with E-state index < -0.39 is 0 Å². The van der Waals surface area contributed by atoms with Gasteiger partial charge in [0.15, 0.2) is 5.82 Å². The summed E-state index contributed by atoms with van der Waals surface area (Å²) in [4.78, 5) is 0. The molecule has 1 aliphatic heterocycles. The maximum Gasteiger partial charge on any atom is 0.210 e. The Morgan fingerprint density at radius 1 is 1.29 bits per heavy atom. The van der Waals surface area contributed by atoms with E-state index in [1.807, 2.05) is 0 Å². The average Bonchev–Trinajstić information content (AvgIpc) is 2.84. The van der Waals surface area contributed by atoms with Gasteiger partial charge in [-0.1, -0.05) is 43.8 Å². The molecule has 112 valence electrons. The molecule has 0 amide bonds. The highest BCUT2D eigenvalue weighted by Crippen LogP contribution is 2.31. The molecule has 0 fully saturated rings.